The summed E-state index contributed by atoms with van der Waals surface area (Å²) in [4.78, 5) is 51.0. The van der Waals surface area contributed by atoms with Gasteiger partial charge in [0, 0.05) is 20.1 Å². The van der Waals surface area contributed by atoms with E-state index in [0.29, 0.717) is 44.5 Å². The zero-order valence-electron chi connectivity index (χ0n) is 21.5. The molecule has 0 aliphatic carbocycles. The van der Waals surface area contributed by atoms with Gasteiger partial charge in [-0.2, -0.15) is 0 Å². The Morgan fingerprint density at radius 3 is 2.44 bits per heavy atom. The Hall–Kier alpha value is -3.26. The van der Waals surface area contributed by atoms with Crippen molar-refractivity contribution >= 4 is 39.6 Å². The van der Waals surface area contributed by atoms with E-state index in [1.165, 1.54) is 17.0 Å². The Morgan fingerprint density at radius 1 is 1.10 bits per heavy atom. The zero-order valence-corrected chi connectivity index (χ0v) is 22.3. The highest BCUT2D eigenvalue weighted by atomic mass is 32.2. The minimum Gasteiger partial charge on any atom is -0.442 e. The van der Waals surface area contributed by atoms with Crippen LogP contribution in [0.4, 0.5) is 19.7 Å². The molecular formula is C25H31FN2O10S. The molecule has 3 amide bonds. The molecule has 12 nitrogen and oxygen atoms in total. The van der Waals surface area contributed by atoms with Gasteiger partial charge in [-0.3, -0.25) is 14.5 Å². The first-order chi connectivity index (χ1) is 18.5. The largest absolute Gasteiger partial charge is 0.442 e. The number of esters is 1. The molecule has 1 aromatic rings. The minimum absolute atomic E-state index is 0.00640. The van der Waals surface area contributed by atoms with Gasteiger partial charge in [0.2, 0.25) is 12.7 Å². The molecule has 214 valence electrons. The molecule has 0 aromatic heterocycles. The number of cyclic esters (lactones) is 1. The van der Waals surface area contributed by atoms with Gasteiger partial charge in [-0.25, -0.2) is 27.3 Å². The van der Waals surface area contributed by atoms with Crippen molar-refractivity contribution in [1.29, 1.82) is 0 Å². The van der Waals surface area contributed by atoms with Crippen LogP contribution in [0.2, 0.25) is 0 Å². The standard InChI is InChI=1S/C25H31FN2O10S/c1-16(29)27(24(31)37-15-36-23(30)18-4-8-35-9-5-18)13-20-14-28(25(32)38-20)19-2-3-21(22(26)12-19)17-6-10-39(33,34)11-7-17/h2-3,12,17-18,20H,4-11,13-15H2,1H3/t20-/m0/s1. The number of imide groups is 1. The molecule has 1 aromatic carbocycles. The lowest BCUT2D eigenvalue weighted by Crippen LogP contribution is -2.42. The fraction of sp³-hybridized carbons (Fsp3) is 0.600. The second kappa shape index (κ2) is 12.3. The van der Waals surface area contributed by atoms with Gasteiger partial charge >= 0.3 is 18.2 Å². The summed E-state index contributed by atoms with van der Waals surface area (Å²) >= 11 is 0. The van der Waals surface area contributed by atoms with E-state index in [2.05, 4.69) is 0 Å². The van der Waals surface area contributed by atoms with Crippen molar-refractivity contribution in [2.45, 2.75) is 44.6 Å². The maximum atomic E-state index is 14.9. The van der Waals surface area contributed by atoms with Crippen molar-refractivity contribution in [3.05, 3.63) is 29.6 Å². The number of sulfone groups is 1. The molecule has 0 saturated carbocycles. The number of hydrogen-bond donors (Lipinski definition) is 0. The van der Waals surface area contributed by atoms with Crippen LogP contribution in [-0.2, 0) is 38.4 Å². The Kier molecular flexibility index (Phi) is 9.05. The summed E-state index contributed by atoms with van der Waals surface area (Å²) in [7, 11) is -3.09. The van der Waals surface area contributed by atoms with E-state index in [1.54, 1.807) is 6.07 Å². The van der Waals surface area contributed by atoms with Crippen molar-refractivity contribution in [3.63, 3.8) is 0 Å². The molecule has 3 heterocycles. The van der Waals surface area contributed by atoms with E-state index in [1.807, 2.05) is 0 Å². The fourth-order valence-electron chi connectivity index (χ4n) is 4.85. The number of nitrogens with zero attached hydrogens (tertiary/aromatic N) is 2. The number of carbonyl (C=O) groups excluding carboxylic acids is 4. The van der Waals surface area contributed by atoms with E-state index >= 15 is 0 Å². The molecule has 3 aliphatic heterocycles. The van der Waals surface area contributed by atoms with Gasteiger partial charge < -0.3 is 18.9 Å². The lowest BCUT2D eigenvalue weighted by Gasteiger charge is -2.23. The molecule has 0 spiro atoms. The molecule has 1 atom stereocenters. The van der Waals surface area contributed by atoms with Crippen molar-refractivity contribution < 1.29 is 50.9 Å². The summed E-state index contributed by atoms with van der Waals surface area (Å²) in [5.41, 5.74) is 0.616. The number of amides is 3. The highest BCUT2D eigenvalue weighted by molar-refractivity contribution is 7.91. The van der Waals surface area contributed by atoms with Crippen LogP contribution >= 0.6 is 0 Å². The Bertz CT molecular complexity index is 1200. The van der Waals surface area contributed by atoms with Crippen molar-refractivity contribution in [3.8, 4) is 0 Å². The average molecular weight is 571 g/mol. The van der Waals surface area contributed by atoms with E-state index in [9.17, 15) is 32.0 Å². The third-order valence-electron chi connectivity index (χ3n) is 7.09. The van der Waals surface area contributed by atoms with Gasteiger partial charge in [0.15, 0.2) is 0 Å². The van der Waals surface area contributed by atoms with Crippen LogP contribution in [0.3, 0.4) is 0 Å². The van der Waals surface area contributed by atoms with Crippen molar-refractivity contribution in [2.75, 3.05) is 49.5 Å². The lowest BCUT2D eigenvalue weighted by atomic mass is 9.93. The number of carbonyl (C=O) groups is 4. The number of benzene rings is 1. The molecule has 3 saturated heterocycles. The number of hydrogen-bond acceptors (Lipinski definition) is 10. The van der Waals surface area contributed by atoms with E-state index < -0.39 is 52.6 Å². The summed E-state index contributed by atoms with van der Waals surface area (Å²) in [6, 6.07) is 4.27. The van der Waals surface area contributed by atoms with Crippen LogP contribution in [0.15, 0.2) is 18.2 Å². The van der Waals surface area contributed by atoms with Crippen molar-refractivity contribution in [2.24, 2.45) is 5.92 Å². The quantitative estimate of drug-likeness (QED) is 0.354. The zero-order chi connectivity index (χ0) is 28.2. The number of rotatable bonds is 7. The molecule has 0 unspecified atom stereocenters. The van der Waals surface area contributed by atoms with Gasteiger partial charge in [0.1, 0.15) is 21.8 Å². The second-order valence-electron chi connectivity index (χ2n) is 9.76. The van der Waals surface area contributed by atoms with Crippen LogP contribution in [-0.4, -0.2) is 88.1 Å². The number of anilines is 1. The Balaban J connectivity index is 1.31. The van der Waals surface area contributed by atoms with Crippen LogP contribution in [0.1, 0.15) is 44.1 Å². The van der Waals surface area contributed by atoms with Gasteiger partial charge in [-0.05, 0) is 49.3 Å². The van der Waals surface area contributed by atoms with E-state index in [4.69, 9.17) is 18.9 Å². The Morgan fingerprint density at radius 2 is 1.79 bits per heavy atom. The second-order valence-corrected chi connectivity index (χ2v) is 12.1. The summed E-state index contributed by atoms with van der Waals surface area (Å²) in [6.45, 7) is 0.968. The highest BCUT2D eigenvalue weighted by Crippen LogP contribution is 2.33. The first-order valence-electron chi connectivity index (χ1n) is 12.7. The summed E-state index contributed by atoms with van der Waals surface area (Å²) < 4.78 is 58.7. The average Bonchev–Trinajstić information content (AvgIpc) is 3.27. The van der Waals surface area contributed by atoms with Gasteiger partial charge in [0.25, 0.3) is 0 Å². The summed E-state index contributed by atoms with van der Waals surface area (Å²) in [5.74, 6) is -2.31. The first kappa shape index (κ1) is 28.7. The smallest absolute Gasteiger partial charge is 0.419 e. The van der Waals surface area contributed by atoms with Gasteiger partial charge in [0.05, 0.1) is 36.2 Å². The molecule has 0 N–H and O–H groups in total. The molecule has 0 radical (unpaired) electrons. The predicted molar refractivity (Wildman–Crippen MR) is 133 cm³/mol. The molecule has 14 heteroatoms. The van der Waals surface area contributed by atoms with Crippen LogP contribution in [0.25, 0.3) is 0 Å². The van der Waals surface area contributed by atoms with Crippen LogP contribution in [0, 0.1) is 11.7 Å². The maximum absolute atomic E-state index is 14.9. The van der Waals surface area contributed by atoms with Crippen LogP contribution < -0.4 is 4.90 Å². The SMILES string of the molecule is CC(=O)N(C[C@H]1CN(c2ccc(C3CCS(=O)(=O)CC3)c(F)c2)C(=O)O1)C(=O)OCOC(=O)C1CCOCC1. The monoisotopic (exact) mass is 570 g/mol. The molecule has 4 rings (SSSR count). The summed E-state index contributed by atoms with van der Waals surface area (Å²) in [5, 5.41) is 0. The molecular weight excluding hydrogens is 539 g/mol. The molecule has 39 heavy (non-hydrogen) atoms. The highest BCUT2D eigenvalue weighted by Gasteiger charge is 2.37. The number of halogens is 1. The molecule has 0 bridgehead atoms. The third-order valence-corrected chi connectivity index (χ3v) is 8.80. The topological polar surface area (TPSA) is 146 Å². The first-order valence-corrected chi connectivity index (χ1v) is 14.5. The fourth-order valence-corrected chi connectivity index (χ4v) is 6.34. The van der Waals surface area contributed by atoms with Gasteiger partial charge in [-0.15, -0.1) is 0 Å². The van der Waals surface area contributed by atoms with Crippen LogP contribution in [0.5, 0.6) is 0 Å². The lowest BCUT2D eigenvalue weighted by molar-refractivity contribution is -0.160. The number of ether oxygens (including phenoxy) is 4. The molecule has 3 fully saturated rings. The van der Waals surface area contributed by atoms with Crippen molar-refractivity contribution in [1.82, 2.24) is 4.90 Å². The van der Waals surface area contributed by atoms with E-state index in [-0.39, 0.29) is 42.1 Å². The molecule has 3 aliphatic rings. The maximum Gasteiger partial charge on any atom is 0.419 e. The van der Waals surface area contributed by atoms with Gasteiger partial charge in [-0.1, -0.05) is 6.07 Å². The minimum atomic E-state index is -3.09. The Labute approximate surface area is 225 Å². The third kappa shape index (κ3) is 7.24. The predicted octanol–water partition coefficient (Wildman–Crippen LogP) is 2.36. The van der Waals surface area contributed by atoms with E-state index in [0.717, 1.165) is 11.8 Å². The normalized spacial score (nSPS) is 21.7. The summed E-state index contributed by atoms with van der Waals surface area (Å²) in [6.07, 6.45) is -1.08.